The minimum atomic E-state index is -0.260. The topological polar surface area (TPSA) is 69.0 Å². The van der Waals surface area contributed by atoms with Gasteiger partial charge in [-0.1, -0.05) is 37.7 Å². The van der Waals surface area contributed by atoms with E-state index in [0.29, 0.717) is 17.5 Å². The van der Waals surface area contributed by atoms with E-state index in [-0.39, 0.29) is 17.2 Å². The fourth-order valence-electron chi connectivity index (χ4n) is 3.77. The van der Waals surface area contributed by atoms with Gasteiger partial charge in [-0.05, 0) is 35.8 Å². The summed E-state index contributed by atoms with van der Waals surface area (Å²) in [5, 5.41) is 8.68. The number of nitrogens with one attached hydrogen (secondary N) is 1. The van der Waals surface area contributed by atoms with E-state index in [1.807, 2.05) is 35.2 Å². The van der Waals surface area contributed by atoms with Crippen molar-refractivity contribution in [2.24, 2.45) is 5.41 Å². The van der Waals surface area contributed by atoms with Gasteiger partial charge in [0.25, 0.3) is 0 Å². The van der Waals surface area contributed by atoms with Crippen LogP contribution >= 0.6 is 11.8 Å². The Balaban J connectivity index is 1.87. The third-order valence-corrected chi connectivity index (χ3v) is 5.46. The molecule has 1 aliphatic carbocycles. The van der Waals surface area contributed by atoms with Gasteiger partial charge in [0.2, 0.25) is 11.1 Å². The van der Waals surface area contributed by atoms with E-state index < -0.39 is 0 Å². The summed E-state index contributed by atoms with van der Waals surface area (Å²) in [5.41, 5.74) is 2.73. The van der Waals surface area contributed by atoms with Crippen LogP contribution in [0.4, 0.5) is 5.95 Å². The largest absolute Gasteiger partial charge is 0.497 e. The average Bonchev–Trinajstić information content (AvgIpc) is 3.01. The minimum Gasteiger partial charge on any atom is -0.497 e. The normalized spacial score (nSPS) is 21.1. The number of fused-ring (bicyclic) bond motifs is 1. The predicted molar refractivity (Wildman–Crippen MR) is 102 cm³/mol. The monoisotopic (exact) mass is 370 g/mol. The quantitative estimate of drug-likeness (QED) is 0.832. The van der Waals surface area contributed by atoms with Crippen LogP contribution in [0.1, 0.15) is 38.3 Å². The van der Waals surface area contributed by atoms with E-state index in [4.69, 9.17) is 4.74 Å². The standard InChI is InChI=1S/C19H22N4O2S/c1-19(2)9-13-15(14(24)10-19)16(11-5-7-12(25-3)8-6-11)23-17(20-13)21-18(22-23)26-4/h5-8,16H,9-10H2,1-4H3,(H,20,21,22). The number of anilines is 1. The number of Topliss-reactive ketones (excluding diaryl/α,β-unsaturated/α-hetero) is 1. The number of carbonyl (C=O) groups is 1. The zero-order valence-corrected chi connectivity index (χ0v) is 16.2. The molecule has 1 aromatic carbocycles. The Hall–Kier alpha value is -2.28. The highest BCUT2D eigenvalue weighted by molar-refractivity contribution is 7.98. The van der Waals surface area contributed by atoms with E-state index in [1.54, 1.807) is 7.11 Å². The van der Waals surface area contributed by atoms with Gasteiger partial charge in [0.05, 0.1) is 7.11 Å². The molecule has 0 fully saturated rings. The second-order valence-corrected chi connectivity index (χ2v) is 8.27. The number of thioether (sulfide) groups is 1. The lowest BCUT2D eigenvalue weighted by atomic mass is 9.73. The molecule has 26 heavy (non-hydrogen) atoms. The Labute approximate surface area is 157 Å². The Morgan fingerprint density at radius 3 is 2.65 bits per heavy atom. The zero-order chi connectivity index (χ0) is 18.5. The summed E-state index contributed by atoms with van der Waals surface area (Å²) in [6.45, 7) is 4.26. The van der Waals surface area contributed by atoms with Crippen molar-refractivity contribution in [3.8, 4) is 5.75 Å². The molecule has 0 amide bonds. The van der Waals surface area contributed by atoms with E-state index in [0.717, 1.165) is 29.0 Å². The molecule has 0 saturated heterocycles. The molecule has 136 valence electrons. The van der Waals surface area contributed by atoms with Crippen molar-refractivity contribution in [3.63, 3.8) is 0 Å². The van der Waals surface area contributed by atoms with Crippen LogP contribution in [-0.2, 0) is 4.79 Å². The van der Waals surface area contributed by atoms with E-state index in [1.165, 1.54) is 11.8 Å². The number of ether oxygens (including phenoxy) is 1. The summed E-state index contributed by atoms with van der Waals surface area (Å²) in [6.07, 6.45) is 3.31. The Morgan fingerprint density at radius 1 is 1.27 bits per heavy atom. The molecule has 2 heterocycles. The summed E-state index contributed by atoms with van der Waals surface area (Å²) in [5.74, 6) is 1.66. The third kappa shape index (κ3) is 2.80. The van der Waals surface area contributed by atoms with Gasteiger partial charge in [-0.2, -0.15) is 4.98 Å². The van der Waals surface area contributed by atoms with Crippen LogP contribution in [0, 0.1) is 5.41 Å². The van der Waals surface area contributed by atoms with Gasteiger partial charge in [-0.25, -0.2) is 4.68 Å². The lowest BCUT2D eigenvalue weighted by Crippen LogP contribution is -2.36. The average molecular weight is 370 g/mol. The number of ketones is 1. The molecular weight excluding hydrogens is 348 g/mol. The van der Waals surface area contributed by atoms with Gasteiger partial charge in [-0.3, -0.25) is 4.79 Å². The number of methoxy groups -OCH3 is 1. The van der Waals surface area contributed by atoms with Crippen LogP contribution in [0.15, 0.2) is 40.7 Å². The van der Waals surface area contributed by atoms with Crippen molar-refractivity contribution >= 4 is 23.5 Å². The fraction of sp³-hybridized carbons (Fsp3) is 0.421. The van der Waals surface area contributed by atoms with Crippen molar-refractivity contribution < 1.29 is 9.53 Å². The molecule has 6 nitrogen and oxygen atoms in total. The number of hydrogen-bond donors (Lipinski definition) is 1. The molecule has 0 spiro atoms. The molecule has 1 aromatic heterocycles. The molecule has 1 aliphatic heterocycles. The second-order valence-electron chi connectivity index (χ2n) is 7.50. The number of aromatic nitrogens is 3. The fourth-order valence-corrected chi connectivity index (χ4v) is 4.12. The maximum absolute atomic E-state index is 13.0. The highest BCUT2D eigenvalue weighted by atomic mass is 32.2. The van der Waals surface area contributed by atoms with Crippen molar-refractivity contribution in [1.29, 1.82) is 0 Å². The summed E-state index contributed by atoms with van der Waals surface area (Å²) in [6, 6.07) is 7.57. The first-order chi connectivity index (χ1) is 12.4. The number of benzene rings is 1. The van der Waals surface area contributed by atoms with E-state index in [2.05, 4.69) is 29.2 Å². The van der Waals surface area contributed by atoms with Crippen LogP contribution in [0.5, 0.6) is 5.75 Å². The number of rotatable bonds is 3. The van der Waals surface area contributed by atoms with E-state index in [9.17, 15) is 4.79 Å². The first-order valence-corrected chi connectivity index (χ1v) is 9.82. The molecule has 0 saturated carbocycles. The predicted octanol–water partition coefficient (Wildman–Crippen LogP) is 3.67. The molecular formula is C19H22N4O2S. The van der Waals surface area contributed by atoms with Gasteiger partial charge >= 0.3 is 0 Å². The molecule has 2 aliphatic rings. The van der Waals surface area contributed by atoms with Crippen LogP contribution in [0.2, 0.25) is 0 Å². The van der Waals surface area contributed by atoms with Crippen LogP contribution < -0.4 is 10.1 Å². The molecule has 2 aromatic rings. The smallest absolute Gasteiger partial charge is 0.227 e. The summed E-state index contributed by atoms with van der Waals surface area (Å²) in [4.78, 5) is 17.6. The lowest BCUT2D eigenvalue weighted by molar-refractivity contribution is -0.118. The molecule has 0 bridgehead atoms. The van der Waals surface area contributed by atoms with Gasteiger partial charge in [0, 0.05) is 17.7 Å². The third-order valence-electron chi connectivity index (χ3n) is 4.93. The Kier molecular flexibility index (Phi) is 4.06. The maximum Gasteiger partial charge on any atom is 0.227 e. The van der Waals surface area contributed by atoms with Crippen LogP contribution in [0.3, 0.4) is 0 Å². The van der Waals surface area contributed by atoms with Gasteiger partial charge in [-0.15, -0.1) is 5.10 Å². The first kappa shape index (κ1) is 17.1. The highest BCUT2D eigenvalue weighted by Crippen LogP contribution is 2.45. The van der Waals surface area contributed by atoms with Gasteiger partial charge in [0.1, 0.15) is 11.8 Å². The van der Waals surface area contributed by atoms with E-state index >= 15 is 0 Å². The molecule has 1 atom stereocenters. The van der Waals surface area contributed by atoms with Crippen LogP contribution in [0.25, 0.3) is 0 Å². The number of nitrogens with zero attached hydrogens (tertiary/aromatic N) is 3. The first-order valence-electron chi connectivity index (χ1n) is 8.59. The summed E-state index contributed by atoms with van der Waals surface area (Å²) < 4.78 is 7.11. The second kappa shape index (κ2) is 6.16. The van der Waals surface area contributed by atoms with Crippen molar-refractivity contribution in [1.82, 2.24) is 14.8 Å². The highest BCUT2D eigenvalue weighted by Gasteiger charge is 2.41. The maximum atomic E-state index is 13.0. The van der Waals surface area contributed by atoms with Gasteiger partial charge < -0.3 is 10.1 Å². The number of allylic oxidation sites excluding steroid dienone is 2. The van der Waals surface area contributed by atoms with Crippen LogP contribution in [-0.4, -0.2) is 33.9 Å². The minimum absolute atomic E-state index is 0.0576. The van der Waals surface area contributed by atoms with Crippen molar-refractivity contribution in [3.05, 3.63) is 41.1 Å². The summed E-state index contributed by atoms with van der Waals surface area (Å²) >= 11 is 1.49. The molecule has 1 unspecified atom stereocenters. The number of carbonyl (C=O) groups excluding carboxylic acids is 1. The Bertz CT molecular complexity index is 899. The summed E-state index contributed by atoms with van der Waals surface area (Å²) in [7, 11) is 1.65. The molecule has 7 heteroatoms. The number of hydrogen-bond acceptors (Lipinski definition) is 6. The lowest BCUT2D eigenvalue weighted by Gasteiger charge is -2.38. The molecule has 4 rings (SSSR count). The Morgan fingerprint density at radius 2 is 2.00 bits per heavy atom. The van der Waals surface area contributed by atoms with Crippen molar-refractivity contribution in [2.45, 2.75) is 37.9 Å². The SMILES string of the molecule is COc1ccc(C2C3=C(CC(C)(C)CC3=O)Nc3nc(SC)nn32)cc1. The molecule has 1 N–H and O–H groups in total. The zero-order valence-electron chi connectivity index (χ0n) is 15.4. The van der Waals surface area contributed by atoms with Gasteiger partial charge in [0.15, 0.2) is 5.78 Å². The van der Waals surface area contributed by atoms with Crippen molar-refractivity contribution in [2.75, 3.05) is 18.7 Å². The molecule has 0 radical (unpaired) electrons.